The van der Waals surface area contributed by atoms with E-state index in [1.54, 1.807) is 0 Å². The first-order valence-electron chi connectivity index (χ1n) is 5.91. The molecule has 1 N–H and O–H groups in total. The van der Waals surface area contributed by atoms with Crippen molar-refractivity contribution in [1.29, 1.82) is 0 Å². The van der Waals surface area contributed by atoms with Gasteiger partial charge in [0.2, 0.25) is 0 Å². The summed E-state index contributed by atoms with van der Waals surface area (Å²) in [7, 11) is 0. The van der Waals surface area contributed by atoms with Crippen molar-refractivity contribution in [2.75, 3.05) is 19.8 Å². The Labute approximate surface area is 109 Å². The summed E-state index contributed by atoms with van der Waals surface area (Å²) in [6.07, 6.45) is 2.26. The van der Waals surface area contributed by atoms with Gasteiger partial charge in [-0.05, 0) is 23.3 Å². The number of fused-ring (bicyclic) bond motifs is 1. The number of hydrogen-bond acceptors (Lipinski definition) is 3. The standard InChI is InChI=1S/C13H15BrO3/c14-11-5-9-1-3-17-12(9)10(6-11)7-13(15)2-4-16-8-13/h5-6,15H,1-4,7-8H2. The molecule has 2 aliphatic rings. The number of benzene rings is 1. The maximum absolute atomic E-state index is 10.4. The molecule has 4 heteroatoms. The predicted molar refractivity (Wildman–Crippen MR) is 67.4 cm³/mol. The Balaban J connectivity index is 1.92. The largest absolute Gasteiger partial charge is 0.493 e. The molecule has 0 saturated carbocycles. The zero-order valence-corrected chi connectivity index (χ0v) is 11.1. The van der Waals surface area contributed by atoms with Crippen LogP contribution >= 0.6 is 15.9 Å². The summed E-state index contributed by atoms with van der Waals surface area (Å²) in [5.74, 6) is 0.966. The van der Waals surface area contributed by atoms with Crippen molar-refractivity contribution in [3.63, 3.8) is 0 Å². The van der Waals surface area contributed by atoms with Crippen molar-refractivity contribution >= 4 is 15.9 Å². The number of rotatable bonds is 2. The molecule has 0 bridgehead atoms. The van der Waals surface area contributed by atoms with E-state index in [1.165, 1.54) is 5.56 Å². The molecule has 0 aromatic heterocycles. The lowest BCUT2D eigenvalue weighted by molar-refractivity contribution is 0.0266. The summed E-state index contributed by atoms with van der Waals surface area (Å²) < 4.78 is 12.0. The summed E-state index contributed by atoms with van der Waals surface area (Å²) in [6.45, 7) is 1.82. The number of ether oxygens (including phenoxy) is 2. The van der Waals surface area contributed by atoms with Gasteiger partial charge in [-0.2, -0.15) is 0 Å². The Bertz CT molecular complexity index is 439. The summed E-state index contributed by atoms with van der Waals surface area (Å²) in [5, 5.41) is 10.4. The molecule has 3 rings (SSSR count). The van der Waals surface area contributed by atoms with Crippen LogP contribution in [0.5, 0.6) is 5.75 Å². The van der Waals surface area contributed by atoms with E-state index in [1.807, 2.05) is 6.07 Å². The van der Waals surface area contributed by atoms with Crippen molar-refractivity contribution in [2.45, 2.75) is 24.9 Å². The van der Waals surface area contributed by atoms with E-state index < -0.39 is 5.60 Å². The van der Waals surface area contributed by atoms with Crippen LogP contribution in [0.15, 0.2) is 16.6 Å². The highest BCUT2D eigenvalue weighted by Gasteiger charge is 2.34. The molecule has 0 aliphatic carbocycles. The van der Waals surface area contributed by atoms with Crippen LogP contribution in [0.3, 0.4) is 0 Å². The normalized spacial score (nSPS) is 26.9. The van der Waals surface area contributed by atoms with Gasteiger partial charge in [0.15, 0.2) is 0 Å². The Kier molecular flexibility index (Phi) is 2.89. The fourth-order valence-corrected chi connectivity index (χ4v) is 3.12. The van der Waals surface area contributed by atoms with E-state index in [2.05, 4.69) is 22.0 Å². The predicted octanol–water partition coefficient (Wildman–Crippen LogP) is 2.08. The number of halogens is 1. The van der Waals surface area contributed by atoms with Crippen molar-refractivity contribution < 1.29 is 14.6 Å². The first kappa shape index (κ1) is 11.5. The van der Waals surface area contributed by atoms with E-state index >= 15 is 0 Å². The molecule has 92 valence electrons. The monoisotopic (exact) mass is 298 g/mol. The van der Waals surface area contributed by atoms with E-state index in [4.69, 9.17) is 9.47 Å². The molecule has 0 spiro atoms. The first-order valence-corrected chi connectivity index (χ1v) is 6.70. The third-order valence-corrected chi connectivity index (χ3v) is 3.89. The molecule has 1 aromatic rings. The smallest absolute Gasteiger partial charge is 0.125 e. The van der Waals surface area contributed by atoms with Gasteiger partial charge in [-0.3, -0.25) is 0 Å². The molecule has 1 saturated heterocycles. The summed E-state index contributed by atoms with van der Waals surface area (Å²) in [4.78, 5) is 0. The van der Waals surface area contributed by atoms with Crippen LogP contribution in [0.4, 0.5) is 0 Å². The summed E-state index contributed by atoms with van der Waals surface area (Å²) in [5.41, 5.74) is 1.59. The van der Waals surface area contributed by atoms with Crippen molar-refractivity contribution in [3.8, 4) is 5.75 Å². The van der Waals surface area contributed by atoms with Gasteiger partial charge in [-0.25, -0.2) is 0 Å². The molecule has 2 aliphatic heterocycles. The quantitative estimate of drug-likeness (QED) is 0.908. The Hall–Kier alpha value is -0.580. The van der Waals surface area contributed by atoms with Crippen LogP contribution in [-0.4, -0.2) is 30.5 Å². The van der Waals surface area contributed by atoms with Crippen LogP contribution in [-0.2, 0) is 17.6 Å². The average molecular weight is 299 g/mol. The van der Waals surface area contributed by atoms with Gasteiger partial charge in [0.1, 0.15) is 5.75 Å². The maximum atomic E-state index is 10.4. The molecular weight excluding hydrogens is 284 g/mol. The average Bonchev–Trinajstić information content (AvgIpc) is 2.86. The Morgan fingerprint density at radius 3 is 3.00 bits per heavy atom. The zero-order chi connectivity index (χ0) is 11.9. The van der Waals surface area contributed by atoms with Crippen LogP contribution in [0.1, 0.15) is 17.5 Å². The van der Waals surface area contributed by atoms with E-state index in [-0.39, 0.29) is 0 Å². The molecule has 1 unspecified atom stereocenters. The van der Waals surface area contributed by atoms with Crippen LogP contribution in [0.25, 0.3) is 0 Å². The second kappa shape index (κ2) is 4.26. The molecular formula is C13H15BrO3. The lowest BCUT2D eigenvalue weighted by Gasteiger charge is -2.21. The van der Waals surface area contributed by atoms with Gasteiger partial charge >= 0.3 is 0 Å². The summed E-state index contributed by atoms with van der Waals surface area (Å²) >= 11 is 3.51. The third-order valence-electron chi connectivity index (χ3n) is 3.43. The molecule has 1 aromatic carbocycles. The minimum absolute atomic E-state index is 0.425. The van der Waals surface area contributed by atoms with Crippen molar-refractivity contribution in [3.05, 3.63) is 27.7 Å². The summed E-state index contributed by atoms with van der Waals surface area (Å²) in [6, 6.07) is 4.14. The molecule has 0 radical (unpaired) electrons. The van der Waals surface area contributed by atoms with Crippen LogP contribution < -0.4 is 4.74 Å². The second-order valence-corrected chi connectivity index (χ2v) is 5.77. The molecule has 1 fully saturated rings. The topological polar surface area (TPSA) is 38.7 Å². The zero-order valence-electron chi connectivity index (χ0n) is 9.54. The Morgan fingerprint density at radius 2 is 2.24 bits per heavy atom. The molecule has 1 atom stereocenters. The van der Waals surface area contributed by atoms with Gasteiger partial charge in [0.25, 0.3) is 0 Å². The lowest BCUT2D eigenvalue weighted by Crippen LogP contribution is -2.31. The van der Waals surface area contributed by atoms with Crippen molar-refractivity contribution in [1.82, 2.24) is 0 Å². The number of hydrogen-bond donors (Lipinski definition) is 1. The van der Waals surface area contributed by atoms with Gasteiger partial charge in [-0.15, -0.1) is 0 Å². The molecule has 3 nitrogen and oxygen atoms in total. The van der Waals surface area contributed by atoms with Gasteiger partial charge < -0.3 is 14.6 Å². The van der Waals surface area contributed by atoms with Crippen LogP contribution in [0.2, 0.25) is 0 Å². The third kappa shape index (κ3) is 2.21. The van der Waals surface area contributed by atoms with Crippen LogP contribution in [0, 0.1) is 0 Å². The lowest BCUT2D eigenvalue weighted by atomic mass is 9.92. The first-order chi connectivity index (χ1) is 8.16. The van der Waals surface area contributed by atoms with Gasteiger partial charge in [0, 0.05) is 30.3 Å². The highest BCUT2D eigenvalue weighted by Crippen LogP contribution is 2.36. The molecule has 2 heterocycles. The van der Waals surface area contributed by atoms with E-state index in [0.29, 0.717) is 26.1 Å². The fraction of sp³-hybridized carbons (Fsp3) is 0.538. The highest BCUT2D eigenvalue weighted by molar-refractivity contribution is 9.10. The SMILES string of the molecule is OC1(Cc2cc(Br)cc3c2OCC3)CCOC1. The Morgan fingerprint density at radius 1 is 1.35 bits per heavy atom. The number of aliphatic hydroxyl groups is 1. The minimum Gasteiger partial charge on any atom is -0.493 e. The van der Waals surface area contributed by atoms with Gasteiger partial charge in [0.05, 0.1) is 18.8 Å². The van der Waals surface area contributed by atoms with E-state index in [0.717, 1.165) is 28.8 Å². The second-order valence-electron chi connectivity index (χ2n) is 4.86. The molecule has 17 heavy (non-hydrogen) atoms. The highest BCUT2D eigenvalue weighted by atomic mass is 79.9. The maximum Gasteiger partial charge on any atom is 0.125 e. The van der Waals surface area contributed by atoms with Crippen molar-refractivity contribution in [2.24, 2.45) is 0 Å². The minimum atomic E-state index is -0.722. The van der Waals surface area contributed by atoms with E-state index in [9.17, 15) is 5.11 Å². The molecule has 0 amide bonds. The fourth-order valence-electron chi connectivity index (χ4n) is 2.57. The van der Waals surface area contributed by atoms with Gasteiger partial charge in [-0.1, -0.05) is 15.9 Å².